The summed E-state index contributed by atoms with van der Waals surface area (Å²) in [5, 5.41) is 0. The molecule has 0 bridgehead atoms. The molecule has 0 heterocycles. The molecule has 0 amide bonds. The van der Waals surface area contributed by atoms with Gasteiger partial charge in [0.05, 0.1) is 7.11 Å². The van der Waals surface area contributed by atoms with Crippen molar-refractivity contribution in [3.05, 3.63) is 23.8 Å². The van der Waals surface area contributed by atoms with Crippen LogP contribution in [0.3, 0.4) is 0 Å². The molecule has 0 saturated heterocycles. The second-order valence-corrected chi connectivity index (χ2v) is 2.06. The van der Waals surface area contributed by atoms with E-state index >= 15 is 0 Å². The summed E-state index contributed by atoms with van der Waals surface area (Å²) in [5.74, 6) is -0.245. The van der Waals surface area contributed by atoms with Gasteiger partial charge in [-0.3, -0.25) is 0 Å². The number of allylic oxidation sites excluding steroid dienone is 3. The minimum absolute atomic E-state index is 0.245. The van der Waals surface area contributed by atoms with Gasteiger partial charge < -0.3 is 4.74 Å². The van der Waals surface area contributed by atoms with Crippen molar-refractivity contribution in [2.24, 2.45) is 0 Å². The number of methoxy groups -OCH3 is 1. The molecule has 0 unspecified atom stereocenters. The zero-order valence-corrected chi connectivity index (χ0v) is 7.26. The van der Waals surface area contributed by atoms with Crippen LogP contribution in [0.5, 0.6) is 0 Å². The number of hydrogen-bond acceptors (Lipinski definition) is 2. The van der Waals surface area contributed by atoms with Gasteiger partial charge in [0.2, 0.25) is 0 Å². The average molecular weight is 154 g/mol. The van der Waals surface area contributed by atoms with Crippen LogP contribution in [0.1, 0.15) is 20.3 Å². The van der Waals surface area contributed by atoms with Crippen LogP contribution in [-0.2, 0) is 9.53 Å². The summed E-state index contributed by atoms with van der Waals surface area (Å²) in [6, 6.07) is 0. The predicted molar refractivity (Wildman–Crippen MR) is 45.2 cm³/mol. The van der Waals surface area contributed by atoms with E-state index in [0.717, 1.165) is 0 Å². The Bertz CT molecular complexity index is 178. The molecule has 0 radical (unpaired) electrons. The maximum atomic E-state index is 10.9. The van der Waals surface area contributed by atoms with Gasteiger partial charge in [-0.05, 0) is 13.3 Å². The number of carbonyl (C=O) groups is 1. The van der Waals surface area contributed by atoms with Crippen molar-refractivity contribution < 1.29 is 9.53 Å². The highest BCUT2D eigenvalue weighted by atomic mass is 16.5. The molecule has 0 aromatic rings. The van der Waals surface area contributed by atoms with Crippen molar-refractivity contribution in [2.45, 2.75) is 20.3 Å². The third kappa shape index (κ3) is 3.61. The molecule has 2 heteroatoms. The van der Waals surface area contributed by atoms with E-state index in [4.69, 9.17) is 0 Å². The minimum Gasteiger partial charge on any atom is -0.466 e. The van der Waals surface area contributed by atoms with Gasteiger partial charge in [-0.15, -0.1) is 0 Å². The Balaban J connectivity index is 4.26. The van der Waals surface area contributed by atoms with Crippen molar-refractivity contribution >= 4 is 5.97 Å². The lowest BCUT2D eigenvalue weighted by molar-refractivity contribution is -0.136. The topological polar surface area (TPSA) is 26.3 Å². The fraction of sp³-hybridized carbons (Fsp3) is 0.444. The van der Waals surface area contributed by atoms with Crippen molar-refractivity contribution in [3.8, 4) is 0 Å². The first kappa shape index (κ1) is 9.95. The third-order valence-corrected chi connectivity index (χ3v) is 1.32. The highest BCUT2D eigenvalue weighted by molar-refractivity contribution is 5.88. The van der Waals surface area contributed by atoms with E-state index in [2.05, 4.69) is 4.74 Å². The molecule has 0 aromatic heterocycles. The van der Waals surface area contributed by atoms with Crippen LogP contribution in [-0.4, -0.2) is 13.1 Å². The Labute approximate surface area is 67.6 Å². The van der Waals surface area contributed by atoms with E-state index in [9.17, 15) is 4.79 Å². The molecule has 2 nitrogen and oxygen atoms in total. The lowest BCUT2D eigenvalue weighted by Crippen LogP contribution is -2.03. The molecular formula is C9H14O2. The van der Waals surface area contributed by atoms with Gasteiger partial charge in [-0.1, -0.05) is 25.2 Å². The standard InChI is InChI=1S/C9H14O2/c1-4-6-7-8(5-2)9(10)11-3/h4,6-7H,5H2,1-3H3/b6-4+,8-7+. The maximum absolute atomic E-state index is 10.9. The van der Waals surface area contributed by atoms with Crippen LogP contribution < -0.4 is 0 Å². The highest BCUT2D eigenvalue weighted by Crippen LogP contribution is 2.02. The summed E-state index contributed by atoms with van der Waals surface area (Å²) in [6.45, 7) is 3.83. The first-order chi connectivity index (χ1) is 5.26. The Morgan fingerprint density at radius 3 is 2.55 bits per heavy atom. The zero-order chi connectivity index (χ0) is 8.69. The van der Waals surface area contributed by atoms with Crippen molar-refractivity contribution in [1.82, 2.24) is 0 Å². The van der Waals surface area contributed by atoms with Crippen LogP contribution in [0.4, 0.5) is 0 Å². The quantitative estimate of drug-likeness (QED) is 0.353. The lowest BCUT2D eigenvalue weighted by atomic mass is 10.2. The van der Waals surface area contributed by atoms with Crippen molar-refractivity contribution in [3.63, 3.8) is 0 Å². The molecule has 62 valence electrons. The molecular weight excluding hydrogens is 140 g/mol. The molecule has 0 saturated carbocycles. The summed E-state index contributed by atoms with van der Waals surface area (Å²) in [4.78, 5) is 10.9. The summed E-state index contributed by atoms with van der Waals surface area (Å²) in [6.07, 6.45) is 6.18. The molecule has 0 fully saturated rings. The van der Waals surface area contributed by atoms with Gasteiger partial charge in [-0.25, -0.2) is 4.79 Å². The zero-order valence-electron chi connectivity index (χ0n) is 7.26. The first-order valence-corrected chi connectivity index (χ1v) is 3.66. The second-order valence-electron chi connectivity index (χ2n) is 2.06. The molecule has 0 N–H and O–H groups in total. The van der Waals surface area contributed by atoms with Crippen LogP contribution >= 0.6 is 0 Å². The summed E-state index contributed by atoms with van der Waals surface area (Å²) >= 11 is 0. The first-order valence-electron chi connectivity index (χ1n) is 3.66. The number of hydrogen-bond donors (Lipinski definition) is 0. The molecule has 0 aliphatic heterocycles. The Kier molecular flexibility index (Phi) is 5.17. The lowest BCUT2D eigenvalue weighted by Gasteiger charge is -1.98. The predicted octanol–water partition coefficient (Wildman–Crippen LogP) is 2.07. The fourth-order valence-electron chi connectivity index (χ4n) is 0.674. The van der Waals surface area contributed by atoms with Gasteiger partial charge >= 0.3 is 5.97 Å². The van der Waals surface area contributed by atoms with E-state index < -0.39 is 0 Å². The maximum Gasteiger partial charge on any atom is 0.333 e. The molecule has 0 atom stereocenters. The minimum atomic E-state index is -0.245. The molecule has 0 rings (SSSR count). The van der Waals surface area contributed by atoms with Crippen molar-refractivity contribution in [1.29, 1.82) is 0 Å². The van der Waals surface area contributed by atoms with Crippen LogP contribution in [0, 0.1) is 0 Å². The SMILES string of the molecule is C/C=C/C=C(\CC)C(=O)OC. The molecule has 0 spiro atoms. The Morgan fingerprint density at radius 1 is 1.55 bits per heavy atom. The summed E-state index contributed by atoms with van der Waals surface area (Å²) < 4.78 is 4.56. The number of rotatable bonds is 3. The molecule has 0 aliphatic rings. The van der Waals surface area contributed by atoms with E-state index in [1.54, 1.807) is 6.08 Å². The smallest absolute Gasteiger partial charge is 0.333 e. The highest BCUT2D eigenvalue weighted by Gasteiger charge is 2.03. The summed E-state index contributed by atoms with van der Waals surface area (Å²) in [5.41, 5.74) is 0.700. The Hall–Kier alpha value is -1.05. The third-order valence-electron chi connectivity index (χ3n) is 1.32. The molecule has 11 heavy (non-hydrogen) atoms. The molecule has 0 aliphatic carbocycles. The average Bonchev–Trinajstić information content (AvgIpc) is 2.05. The van der Waals surface area contributed by atoms with Gasteiger partial charge in [-0.2, -0.15) is 0 Å². The van der Waals surface area contributed by atoms with Crippen LogP contribution in [0.15, 0.2) is 23.8 Å². The molecule has 0 aromatic carbocycles. The van der Waals surface area contributed by atoms with Gasteiger partial charge in [0.1, 0.15) is 0 Å². The van der Waals surface area contributed by atoms with Crippen LogP contribution in [0.25, 0.3) is 0 Å². The monoisotopic (exact) mass is 154 g/mol. The number of ether oxygens (including phenoxy) is 1. The number of carbonyl (C=O) groups excluding carboxylic acids is 1. The summed E-state index contributed by atoms with van der Waals surface area (Å²) in [7, 11) is 1.39. The van der Waals surface area contributed by atoms with E-state index in [-0.39, 0.29) is 5.97 Å². The second kappa shape index (κ2) is 5.71. The largest absolute Gasteiger partial charge is 0.466 e. The van der Waals surface area contributed by atoms with E-state index in [1.165, 1.54) is 7.11 Å². The van der Waals surface area contributed by atoms with Crippen LogP contribution in [0.2, 0.25) is 0 Å². The van der Waals surface area contributed by atoms with Gasteiger partial charge in [0.15, 0.2) is 0 Å². The Morgan fingerprint density at radius 2 is 2.18 bits per heavy atom. The number of esters is 1. The van der Waals surface area contributed by atoms with E-state index in [1.807, 2.05) is 26.0 Å². The van der Waals surface area contributed by atoms with Gasteiger partial charge in [0, 0.05) is 5.57 Å². The van der Waals surface area contributed by atoms with E-state index in [0.29, 0.717) is 12.0 Å². The normalized spacial score (nSPS) is 12.1. The van der Waals surface area contributed by atoms with Gasteiger partial charge in [0.25, 0.3) is 0 Å². The fourth-order valence-corrected chi connectivity index (χ4v) is 0.674. The van der Waals surface area contributed by atoms with Crippen molar-refractivity contribution in [2.75, 3.05) is 7.11 Å².